The highest BCUT2D eigenvalue weighted by molar-refractivity contribution is 7.80. The van der Waals surface area contributed by atoms with E-state index in [2.05, 4.69) is 5.32 Å². The molecule has 4 nitrogen and oxygen atoms in total. The quantitative estimate of drug-likeness (QED) is 0.788. The van der Waals surface area contributed by atoms with E-state index in [9.17, 15) is 4.79 Å². The van der Waals surface area contributed by atoms with Crippen molar-refractivity contribution in [2.45, 2.75) is 6.92 Å². The highest BCUT2D eigenvalue weighted by Gasteiger charge is 2.10. The van der Waals surface area contributed by atoms with Crippen LogP contribution < -0.4 is 11.1 Å². The van der Waals surface area contributed by atoms with Crippen LogP contribution in [0.25, 0.3) is 0 Å². The van der Waals surface area contributed by atoms with E-state index in [0.29, 0.717) is 17.8 Å². The number of nitrogens with zero attached hydrogens (tertiary/aromatic N) is 1. The molecule has 0 radical (unpaired) electrons. The molecule has 16 heavy (non-hydrogen) atoms. The van der Waals surface area contributed by atoms with Gasteiger partial charge < -0.3 is 16.0 Å². The van der Waals surface area contributed by atoms with Gasteiger partial charge in [-0.2, -0.15) is 0 Å². The van der Waals surface area contributed by atoms with E-state index in [1.807, 2.05) is 19.1 Å². The Kier molecular flexibility index (Phi) is 4.25. The van der Waals surface area contributed by atoms with Gasteiger partial charge in [-0.15, -0.1) is 0 Å². The van der Waals surface area contributed by atoms with Crippen LogP contribution in [0.5, 0.6) is 0 Å². The van der Waals surface area contributed by atoms with Gasteiger partial charge in [-0.1, -0.05) is 24.4 Å². The highest BCUT2D eigenvalue weighted by atomic mass is 32.1. The zero-order valence-electron chi connectivity index (χ0n) is 9.36. The van der Waals surface area contributed by atoms with Crippen LogP contribution >= 0.6 is 12.2 Å². The third-order valence-electron chi connectivity index (χ3n) is 2.26. The second kappa shape index (κ2) is 5.46. The summed E-state index contributed by atoms with van der Waals surface area (Å²) < 4.78 is 0. The van der Waals surface area contributed by atoms with Crippen molar-refractivity contribution < 1.29 is 4.79 Å². The molecule has 0 spiro atoms. The summed E-state index contributed by atoms with van der Waals surface area (Å²) in [4.78, 5) is 13.5. The monoisotopic (exact) mass is 237 g/mol. The van der Waals surface area contributed by atoms with Crippen LogP contribution in [0.1, 0.15) is 12.5 Å². The number of benzene rings is 1. The first-order chi connectivity index (χ1) is 7.56. The molecule has 0 heterocycles. The number of rotatable bonds is 3. The van der Waals surface area contributed by atoms with Crippen LogP contribution in [0, 0.1) is 0 Å². The first-order valence-corrected chi connectivity index (χ1v) is 5.38. The second-order valence-electron chi connectivity index (χ2n) is 3.35. The SMILES string of the molecule is CCN(C)C(=O)Nc1ccccc1C(N)=S. The van der Waals surface area contributed by atoms with Crippen LogP contribution in [0.2, 0.25) is 0 Å². The van der Waals surface area contributed by atoms with E-state index in [-0.39, 0.29) is 11.0 Å². The van der Waals surface area contributed by atoms with Gasteiger partial charge in [0, 0.05) is 19.2 Å². The predicted molar refractivity (Wildman–Crippen MR) is 69.7 cm³/mol. The van der Waals surface area contributed by atoms with Crippen LogP contribution in [0.3, 0.4) is 0 Å². The number of urea groups is 1. The summed E-state index contributed by atoms with van der Waals surface area (Å²) in [6.07, 6.45) is 0. The van der Waals surface area contributed by atoms with Gasteiger partial charge in [0.05, 0.1) is 5.69 Å². The van der Waals surface area contributed by atoms with Crippen LogP contribution in [-0.2, 0) is 0 Å². The van der Waals surface area contributed by atoms with E-state index in [4.69, 9.17) is 18.0 Å². The maximum atomic E-state index is 11.6. The average Bonchev–Trinajstić information content (AvgIpc) is 2.28. The molecule has 0 bridgehead atoms. The number of para-hydroxylation sites is 1. The van der Waals surface area contributed by atoms with Gasteiger partial charge >= 0.3 is 6.03 Å². The van der Waals surface area contributed by atoms with Gasteiger partial charge in [0.2, 0.25) is 0 Å². The Balaban J connectivity index is 2.89. The lowest BCUT2D eigenvalue weighted by Crippen LogP contribution is -2.31. The van der Waals surface area contributed by atoms with Crippen LogP contribution in [0.4, 0.5) is 10.5 Å². The summed E-state index contributed by atoms with van der Waals surface area (Å²) in [5.74, 6) is 0. The molecule has 3 N–H and O–H groups in total. The molecule has 0 unspecified atom stereocenters. The smallest absolute Gasteiger partial charge is 0.321 e. The first kappa shape index (κ1) is 12.4. The number of thiocarbonyl (C=S) groups is 1. The van der Waals surface area contributed by atoms with E-state index >= 15 is 0 Å². The summed E-state index contributed by atoms with van der Waals surface area (Å²) in [5.41, 5.74) is 6.88. The summed E-state index contributed by atoms with van der Waals surface area (Å²) in [6.45, 7) is 2.54. The summed E-state index contributed by atoms with van der Waals surface area (Å²) in [6, 6.07) is 7.03. The molecule has 0 aliphatic rings. The minimum atomic E-state index is -0.175. The largest absolute Gasteiger partial charge is 0.389 e. The molecular weight excluding hydrogens is 222 g/mol. The fourth-order valence-electron chi connectivity index (χ4n) is 1.16. The maximum Gasteiger partial charge on any atom is 0.321 e. The molecule has 5 heteroatoms. The molecule has 0 saturated carbocycles. The molecule has 0 fully saturated rings. The van der Waals surface area contributed by atoms with Crippen molar-refractivity contribution in [2.75, 3.05) is 18.9 Å². The minimum Gasteiger partial charge on any atom is -0.389 e. The third kappa shape index (κ3) is 2.93. The van der Waals surface area contributed by atoms with Crippen LogP contribution in [0.15, 0.2) is 24.3 Å². The molecule has 0 atom stereocenters. The number of carbonyl (C=O) groups excluding carboxylic acids is 1. The van der Waals surface area contributed by atoms with Crippen molar-refractivity contribution in [2.24, 2.45) is 5.73 Å². The topological polar surface area (TPSA) is 58.4 Å². The van der Waals surface area contributed by atoms with Crippen molar-refractivity contribution in [3.63, 3.8) is 0 Å². The lowest BCUT2D eigenvalue weighted by atomic mass is 10.2. The van der Waals surface area contributed by atoms with Crippen molar-refractivity contribution in [1.82, 2.24) is 4.90 Å². The average molecular weight is 237 g/mol. The van der Waals surface area contributed by atoms with E-state index in [1.54, 1.807) is 24.1 Å². The van der Waals surface area contributed by atoms with Gasteiger partial charge in [0.15, 0.2) is 0 Å². The predicted octanol–water partition coefficient (Wildman–Crippen LogP) is 1.80. The normalized spacial score (nSPS) is 9.62. The molecule has 1 aromatic rings. The second-order valence-corrected chi connectivity index (χ2v) is 3.79. The van der Waals surface area contributed by atoms with Crippen molar-refractivity contribution in [3.8, 4) is 0 Å². The van der Waals surface area contributed by atoms with Gasteiger partial charge in [0.1, 0.15) is 4.99 Å². The molecule has 0 aliphatic carbocycles. The number of hydrogen-bond acceptors (Lipinski definition) is 2. The summed E-state index contributed by atoms with van der Waals surface area (Å²) in [5, 5.41) is 2.76. The highest BCUT2D eigenvalue weighted by Crippen LogP contribution is 2.15. The Hall–Kier alpha value is -1.62. The van der Waals surface area contributed by atoms with Crippen molar-refractivity contribution >= 4 is 28.9 Å². The zero-order valence-corrected chi connectivity index (χ0v) is 10.2. The number of anilines is 1. The standard InChI is InChI=1S/C11H15N3OS/c1-3-14(2)11(15)13-9-7-5-4-6-8(9)10(12)16/h4-7H,3H2,1-2H3,(H2,12,16)(H,13,15). The molecule has 2 amide bonds. The number of nitrogens with one attached hydrogen (secondary N) is 1. The van der Waals surface area contributed by atoms with Gasteiger partial charge in [-0.3, -0.25) is 0 Å². The molecule has 1 aromatic carbocycles. The Bertz CT molecular complexity index is 406. The summed E-state index contributed by atoms with van der Waals surface area (Å²) in [7, 11) is 1.72. The Labute approximate surface area is 100 Å². The Morgan fingerprint density at radius 3 is 2.69 bits per heavy atom. The van der Waals surface area contributed by atoms with E-state index < -0.39 is 0 Å². The first-order valence-electron chi connectivity index (χ1n) is 4.97. The number of hydrogen-bond donors (Lipinski definition) is 2. The van der Waals surface area contributed by atoms with Gasteiger partial charge in [0.25, 0.3) is 0 Å². The minimum absolute atomic E-state index is 0.175. The van der Waals surface area contributed by atoms with Gasteiger partial charge in [-0.05, 0) is 19.1 Å². The molecular formula is C11H15N3OS. The molecule has 0 saturated heterocycles. The lowest BCUT2D eigenvalue weighted by molar-refractivity contribution is 0.224. The Morgan fingerprint density at radius 1 is 1.50 bits per heavy atom. The van der Waals surface area contributed by atoms with Crippen molar-refractivity contribution in [1.29, 1.82) is 0 Å². The summed E-state index contributed by atoms with van der Waals surface area (Å²) >= 11 is 4.91. The van der Waals surface area contributed by atoms with E-state index in [1.165, 1.54) is 0 Å². The molecule has 0 aromatic heterocycles. The molecule has 1 rings (SSSR count). The fraction of sp³-hybridized carbons (Fsp3) is 0.273. The fourth-order valence-corrected chi connectivity index (χ4v) is 1.34. The van der Waals surface area contributed by atoms with Gasteiger partial charge in [-0.25, -0.2) is 4.79 Å². The number of amides is 2. The number of nitrogens with two attached hydrogens (primary N) is 1. The molecule has 0 aliphatic heterocycles. The van der Waals surface area contributed by atoms with E-state index in [0.717, 1.165) is 0 Å². The Morgan fingerprint density at radius 2 is 2.12 bits per heavy atom. The maximum absolute atomic E-state index is 11.6. The van der Waals surface area contributed by atoms with Crippen molar-refractivity contribution in [3.05, 3.63) is 29.8 Å². The van der Waals surface area contributed by atoms with Crippen LogP contribution in [-0.4, -0.2) is 29.5 Å². The number of carbonyl (C=O) groups is 1. The zero-order chi connectivity index (χ0) is 12.1. The third-order valence-corrected chi connectivity index (χ3v) is 2.48. The molecule has 86 valence electrons. The lowest BCUT2D eigenvalue weighted by Gasteiger charge is -2.17.